The molecule has 2 aromatic heterocycles. The van der Waals surface area contributed by atoms with Crippen LogP contribution in [0.25, 0.3) is 22.8 Å². The predicted molar refractivity (Wildman–Crippen MR) is 129 cm³/mol. The molecule has 0 amide bonds. The second-order valence-electron chi connectivity index (χ2n) is 7.53. The van der Waals surface area contributed by atoms with Crippen molar-refractivity contribution < 1.29 is 18.6 Å². The molecular formula is C24H27N5O4S. The van der Waals surface area contributed by atoms with Gasteiger partial charge in [-0.3, -0.25) is 0 Å². The Morgan fingerprint density at radius 3 is 2.38 bits per heavy atom. The number of thioether (sulfide) groups is 1. The van der Waals surface area contributed by atoms with Crippen LogP contribution in [0.4, 0.5) is 0 Å². The van der Waals surface area contributed by atoms with Crippen molar-refractivity contribution in [2.24, 2.45) is 0 Å². The summed E-state index contributed by atoms with van der Waals surface area (Å²) in [6, 6.07) is 13.7. The number of hydrogen-bond acceptors (Lipinski definition) is 9. The number of nitrogens with zero attached hydrogens (tertiary/aromatic N) is 5. The smallest absolute Gasteiger partial charge is 0.247 e. The van der Waals surface area contributed by atoms with Crippen LogP contribution in [0, 0.1) is 6.92 Å². The van der Waals surface area contributed by atoms with E-state index in [1.54, 1.807) is 21.3 Å². The number of hydrogen-bond donors (Lipinski definition) is 0. The van der Waals surface area contributed by atoms with Crippen LogP contribution in [0.1, 0.15) is 17.9 Å². The summed E-state index contributed by atoms with van der Waals surface area (Å²) in [7, 11) is 4.92. The summed E-state index contributed by atoms with van der Waals surface area (Å²) < 4.78 is 24.0. The zero-order valence-corrected chi connectivity index (χ0v) is 20.5. The van der Waals surface area contributed by atoms with Gasteiger partial charge in [0.1, 0.15) is 0 Å². The second kappa shape index (κ2) is 11.2. The van der Waals surface area contributed by atoms with Crippen LogP contribution >= 0.6 is 11.8 Å². The maximum absolute atomic E-state index is 5.87. The Bertz CT molecular complexity index is 1220. The highest BCUT2D eigenvalue weighted by atomic mass is 32.2. The fraction of sp³-hybridized carbons (Fsp3) is 0.333. The maximum Gasteiger partial charge on any atom is 0.247 e. The normalized spacial score (nSPS) is 11.1. The Hall–Kier alpha value is -3.37. The molecule has 0 unspecified atom stereocenters. The minimum atomic E-state index is 0.479. The van der Waals surface area contributed by atoms with Crippen LogP contribution in [-0.4, -0.2) is 52.9 Å². The largest absolute Gasteiger partial charge is 0.493 e. The van der Waals surface area contributed by atoms with Gasteiger partial charge >= 0.3 is 0 Å². The van der Waals surface area contributed by atoms with Crippen LogP contribution in [-0.2, 0) is 17.0 Å². The van der Waals surface area contributed by atoms with Crippen molar-refractivity contribution in [3.63, 3.8) is 0 Å². The molecule has 0 radical (unpaired) electrons. The molecule has 0 fully saturated rings. The summed E-state index contributed by atoms with van der Waals surface area (Å²) in [5.74, 6) is 3.54. The van der Waals surface area contributed by atoms with Gasteiger partial charge in [0, 0.05) is 31.4 Å². The van der Waals surface area contributed by atoms with Crippen LogP contribution in [0.3, 0.4) is 0 Å². The topological polar surface area (TPSA) is 97.3 Å². The Balaban J connectivity index is 1.55. The lowest BCUT2D eigenvalue weighted by Gasteiger charge is -2.12. The first-order valence-electron chi connectivity index (χ1n) is 10.8. The van der Waals surface area contributed by atoms with Gasteiger partial charge in [0.05, 0.1) is 20.0 Å². The van der Waals surface area contributed by atoms with E-state index in [0.717, 1.165) is 28.5 Å². The first-order valence-corrected chi connectivity index (χ1v) is 11.8. The third kappa shape index (κ3) is 5.40. The van der Waals surface area contributed by atoms with Crippen molar-refractivity contribution in [3.8, 4) is 34.3 Å². The molecule has 4 rings (SSSR count). The van der Waals surface area contributed by atoms with E-state index in [1.807, 2.05) is 49.4 Å². The molecule has 2 aromatic carbocycles. The van der Waals surface area contributed by atoms with Crippen molar-refractivity contribution in [2.75, 3.05) is 27.9 Å². The SMILES string of the molecule is COCCCn1c(SCc2nnc(-c3ccc(C)cc3)o2)nnc1-c1ccc(OC)c(OC)c1. The van der Waals surface area contributed by atoms with E-state index in [9.17, 15) is 0 Å². The molecule has 0 aliphatic rings. The first kappa shape index (κ1) is 23.8. The molecule has 0 aliphatic heterocycles. The molecule has 10 heteroatoms. The van der Waals surface area contributed by atoms with Crippen molar-refractivity contribution in [1.29, 1.82) is 0 Å². The lowest BCUT2D eigenvalue weighted by Crippen LogP contribution is -2.05. The molecule has 0 N–H and O–H groups in total. The van der Waals surface area contributed by atoms with Gasteiger partial charge in [-0.15, -0.1) is 20.4 Å². The Morgan fingerprint density at radius 1 is 0.882 bits per heavy atom. The molecule has 0 saturated carbocycles. The van der Waals surface area contributed by atoms with Gasteiger partial charge in [-0.1, -0.05) is 29.5 Å². The molecule has 178 valence electrons. The monoisotopic (exact) mass is 481 g/mol. The van der Waals surface area contributed by atoms with Crippen molar-refractivity contribution >= 4 is 11.8 Å². The average Bonchev–Trinajstić information content (AvgIpc) is 3.50. The van der Waals surface area contributed by atoms with Gasteiger partial charge < -0.3 is 23.2 Å². The molecule has 0 saturated heterocycles. The third-order valence-corrected chi connectivity index (χ3v) is 6.13. The van der Waals surface area contributed by atoms with Gasteiger partial charge in [0.25, 0.3) is 0 Å². The minimum Gasteiger partial charge on any atom is -0.493 e. The van der Waals surface area contributed by atoms with E-state index >= 15 is 0 Å². The van der Waals surface area contributed by atoms with Crippen LogP contribution in [0.15, 0.2) is 52.0 Å². The Labute approximate surface area is 202 Å². The molecule has 0 spiro atoms. The van der Waals surface area contributed by atoms with Crippen molar-refractivity contribution in [3.05, 3.63) is 53.9 Å². The Kier molecular flexibility index (Phi) is 7.81. The van der Waals surface area contributed by atoms with E-state index in [-0.39, 0.29) is 0 Å². The van der Waals surface area contributed by atoms with Gasteiger partial charge in [0.15, 0.2) is 22.5 Å². The number of aromatic nitrogens is 5. The van der Waals surface area contributed by atoms with E-state index in [0.29, 0.717) is 42.2 Å². The summed E-state index contributed by atoms with van der Waals surface area (Å²) >= 11 is 1.50. The lowest BCUT2D eigenvalue weighted by atomic mass is 10.1. The standard InChI is InChI=1S/C24H27N5O4S/c1-16-6-8-17(9-7-16)23-27-25-21(33-23)15-34-24-28-26-22(29(24)12-5-13-30-2)18-10-11-19(31-3)20(14-18)32-4/h6-11,14H,5,12-13,15H2,1-4H3. The summed E-state index contributed by atoms with van der Waals surface area (Å²) in [6.07, 6.45) is 0.820. The molecule has 4 aromatic rings. The summed E-state index contributed by atoms with van der Waals surface area (Å²) in [5, 5.41) is 18.0. The molecule has 0 aliphatic carbocycles. The van der Waals surface area contributed by atoms with E-state index in [2.05, 4.69) is 25.0 Å². The highest BCUT2D eigenvalue weighted by Crippen LogP contribution is 2.33. The highest BCUT2D eigenvalue weighted by Gasteiger charge is 2.18. The Morgan fingerprint density at radius 2 is 1.65 bits per heavy atom. The van der Waals surface area contributed by atoms with Crippen molar-refractivity contribution in [2.45, 2.75) is 30.8 Å². The maximum atomic E-state index is 5.87. The van der Waals surface area contributed by atoms with Gasteiger partial charge in [-0.05, 0) is 43.7 Å². The van der Waals surface area contributed by atoms with Crippen LogP contribution in [0.5, 0.6) is 11.5 Å². The predicted octanol–water partition coefficient (Wildman–Crippen LogP) is 4.65. The number of rotatable bonds is 11. The first-order chi connectivity index (χ1) is 16.6. The minimum absolute atomic E-state index is 0.479. The van der Waals surface area contributed by atoms with E-state index in [4.69, 9.17) is 18.6 Å². The summed E-state index contributed by atoms with van der Waals surface area (Å²) in [5.41, 5.74) is 2.96. The fourth-order valence-electron chi connectivity index (χ4n) is 3.40. The molecule has 9 nitrogen and oxygen atoms in total. The third-order valence-electron chi connectivity index (χ3n) is 5.18. The number of methoxy groups -OCH3 is 3. The van der Waals surface area contributed by atoms with Crippen LogP contribution < -0.4 is 9.47 Å². The second-order valence-corrected chi connectivity index (χ2v) is 8.47. The number of benzene rings is 2. The molecular weight excluding hydrogens is 454 g/mol. The van der Waals surface area contributed by atoms with Gasteiger partial charge in [-0.25, -0.2) is 0 Å². The number of aryl methyl sites for hydroxylation is 1. The number of ether oxygens (including phenoxy) is 3. The van der Waals surface area contributed by atoms with E-state index < -0.39 is 0 Å². The molecule has 2 heterocycles. The zero-order chi connectivity index (χ0) is 23.9. The quantitative estimate of drug-likeness (QED) is 0.224. The molecule has 0 atom stereocenters. The fourth-order valence-corrected chi connectivity index (χ4v) is 4.21. The molecule has 0 bridgehead atoms. The van der Waals surface area contributed by atoms with Gasteiger partial charge in [0.2, 0.25) is 11.8 Å². The van der Waals surface area contributed by atoms with Crippen molar-refractivity contribution in [1.82, 2.24) is 25.0 Å². The average molecular weight is 482 g/mol. The summed E-state index contributed by atoms with van der Waals surface area (Å²) in [4.78, 5) is 0. The van der Waals surface area contributed by atoms with Gasteiger partial charge in [-0.2, -0.15) is 0 Å². The van der Waals surface area contributed by atoms with Crippen LogP contribution in [0.2, 0.25) is 0 Å². The summed E-state index contributed by atoms with van der Waals surface area (Å²) in [6.45, 7) is 3.38. The zero-order valence-electron chi connectivity index (χ0n) is 19.6. The highest BCUT2D eigenvalue weighted by molar-refractivity contribution is 7.98. The van der Waals surface area contributed by atoms with E-state index in [1.165, 1.54) is 17.3 Å². The molecule has 34 heavy (non-hydrogen) atoms. The lowest BCUT2D eigenvalue weighted by molar-refractivity contribution is 0.189.